The van der Waals surface area contributed by atoms with E-state index in [0.29, 0.717) is 10.2 Å². The van der Waals surface area contributed by atoms with Crippen molar-refractivity contribution in [3.05, 3.63) is 35.4 Å². The Morgan fingerprint density at radius 2 is 1.64 bits per heavy atom. The van der Waals surface area contributed by atoms with Crippen molar-refractivity contribution in [3.8, 4) is 0 Å². The molecule has 1 aromatic carbocycles. The van der Waals surface area contributed by atoms with Crippen LogP contribution in [0.4, 0.5) is 0 Å². The van der Waals surface area contributed by atoms with Crippen molar-refractivity contribution in [2.75, 3.05) is 0 Å². The molecule has 0 saturated heterocycles. The van der Waals surface area contributed by atoms with Gasteiger partial charge in [0.15, 0.2) is 0 Å². The van der Waals surface area contributed by atoms with Crippen LogP contribution in [0.25, 0.3) is 0 Å². The molecule has 1 heteroatoms. The Balaban J connectivity index is 0.000000994. The molecule has 1 aromatic rings. The van der Waals surface area contributed by atoms with Gasteiger partial charge >= 0.3 is 0 Å². The van der Waals surface area contributed by atoms with Gasteiger partial charge in [0.25, 0.3) is 0 Å². The number of fused-ring (bicyclic) bond motifs is 5. The molecule has 0 radical (unpaired) electrons. The molecule has 0 bridgehead atoms. The quantitative estimate of drug-likeness (QED) is 0.416. The maximum atomic E-state index is 5.52. The average Bonchev–Trinajstić information content (AvgIpc) is 3.13. The number of thiol groups is 1. The summed E-state index contributed by atoms with van der Waals surface area (Å²) in [6.45, 7) is 11.4. The molecule has 8 atom stereocenters. The summed E-state index contributed by atoms with van der Waals surface area (Å²) in [6, 6.07) is 9.24. The molecule has 0 N–H and O–H groups in total. The number of rotatable bonds is 4. The average molecular weight is 471 g/mol. The first kappa shape index (κ1) is 27.2. The molecule has 0 aromatic heterocycles. The van der Waals surface area contributed by atoms with Crippen LogP contribution < -0.4 is 0 Å². The summed E-state index contributed by atoms with van der Waals surface area (Å²) in [5, 5.41) is 0. The van der Waals surface area contributed by atoms with Crippen molar-refractivity contribution < 1.29 is 0 Å². The summed E-state index contributed by atoms with van der Waals surface area (Å²) in [4.78, 5) is 0. The largest absolute Gasteiger partial charge is 0.172 e. The zero-order valence-electron chi connectivity index (χ0n) is 21.7. The monoisotopic (exact) mass is 470 g/mol. The van der Waals surface area contributed by atoms with Gasteiger partial charge in [-0.15, -0.1) is 0 Å². The first-order chi connectivity index (χ1) is 15.4. The van der Waals surface area contributed by atoms with Gasteiger partial charge in [0.05, 0.1) is 0 Å². The molecule has 4 aliphatic carbocycles. The zero-order chi connectivity index (χ0) is 22.9. The molecule has 8 unspecified atom stereocenters. The van der Waals surface area contributed by atoms with Crippen LogP contribution >= 0.6 is 12.6 Å². The molecule has 33 heavy (non-hydrogen) atoms. The Labute approximate surface area is 212 Å². The molecule has 5 rings (SSSR count). The van der Waals surface area contributed by atoms with Crippen LogP contribution in [0.15, 0.2) is 24.3 Å². The van der Waals surface area contributed by atoms with E-state index in [9.17, 15) is 0 Å². The first-order valence-corrected chi connectivity index (χ1v) is 14.6. The topological polar surface area (TPSA) is 0 Å². The lowest BCUT2D eigenvalue weighted by Crippen LogP contribution is -2.55. The second kappa shape index (κ2) is 11.1. The zero-order valence-corrected chi connectivity index (χ0v) is 22.6. The molecule has 0 nitrogen and oxygen atoms in total. The van der Waals surface area contributed by atoms with E-state index < -0.39 is 0 Å². The smallest absolute Gasteiger partial charge is 0.0189 e. The van der Waals surface area contributed by atoms with E-state index in [4.69, 9.17) is 12.6 Å². The van der Waals surface area contributed by atoms with Gasteiger partial charge in [-0.25, -0.2) is 0 Å². The predicted molar refractivity (Wildman–Crippen MR) is 150 cm³/mol. The van der Waals surface area contributed by atoms with Crippen molar-refractivity contribution >= 4 is 12.6 Å². The van der Waals surface area contributed by atoms with Gasteiger partial charge in [0.2, 0.25) is 0 Å². The molecule has 4 aliphatic rings. The molecular formula is C32H54S. The van der Waals surface area contributed by atoms with Crippen LogP contribution in [-0.4, -0.2) is 4.75 Å². The van der Waals surface area contributed by atoms with E-state index in [1.54, 1.807) is 0 Å². The lowest BCUT2D eigenvalue weighted by Gasteiger charge is -2.60. The Morgan fingerprint density at radius 1 is 0.909 bits per heavy atom. The van der Waals surface area contributed by atoms with Gasteiger partial charge in [-0.05, 0) is 130 Å². The minimum absolute atomic E-state index is 0. The summed E-state index contributed by atoms with van der Waals surface area (Å²) >= 11 is 5.52. The summed E-state index contributed by atoms with van der Waals surface area (Å²) in [7, 11) is 0. The second-order valence-electron chi connectivity index (χ2n) is 12.2. The fourth-order valence-corrected chi connectivity index (χ4v) is 9.62. The van der Waals surface area contributed by atoms with Crippen molar-refractivity contribution in [1.29, 1.82) is 0 Å². The third-order valence-corrected chi connectivity index (χ3v) is 11.6. The molecule has 0 aliphatic heterocycles. The van der Waals surface area contributed by atoms with Gasteiger partial charge in [-0.1, -0.05) is 65.0 Å². The van der Waals surface area contributed by atoms with E-state index in [2.05, 4.69) is 45.0 Å². The van der Waals surface area contributed by atoms with Crippen LogP contribution in [0.3, 0.4) is 0 Å². The summed E-state index contributed by atoms with van der Waals surface area (Å²) in [5.41, 5.74) is 3.53. The summed E-state index contributed by atoms with van der Waals surface area (Å²) < 4.78 is 0.375. The van der Waals surface area contributed by atoms with Crippen molar-refractivity contribution in [2.45, 2.75) is 124 Å². The number of hydrogen-bond donors (Lipinski definition) is 1. The Kier molecular flexibility index (Phi) is 9.13. The highest BCUT2D eigenvalue weighted by atomic mass is 32.1. The van der Waals surface area contributed by atoms with Crippen LogP contribution in [0.2, 0.25) is 0 Å². The van der Waals surface area contributed by atoms with Gasteiger partial charge < -0.3 is 0 Å². The number of hydrogen-bond acceptors (Lipinski definition) is 1. The fourth-order valence-electron chi connectivity index (χ4n) is 8.94. The molecule has 0 heterocycles. The minimum Gasteiger partial charge on any atom is -0.172 e. The molecule has 4 saturated carbocycles. The number of benzene rings is 1. The second-order valence-corrected chi connectivity index (χ2v) is 13.1. The van der Waals surface area contributed by atoms with Crippen LogP contribution in [0, 0.1) is 47.8 Å². The van der Waals surface area contributed by atoms with Gasteiger partial charge in [-0.2, -0.15) is 12.6 Å². The molecule has 0 spiro atoms. The van der Waals surface area contributed by atoms with Crippen LogP contribution in [0.5, 0.6) is 0 Å². The van der Waals surface area contributed by atoms with Gasteiger partial charge in [0.1, 0.15) is 0 Å². The van der Waals surface area contributed by atoms with E-state index in [1.807, 2.05) is 13.8 Å². The van der Waals surface area contributed by atoms with Crippen LogP contribution in [0.1, 0.15) is 117 Å². The van der Waals surface area contributed by atoms with Crippen molar-refractivity contribution in [1.82, 2.24) is 0 Å². The Bertz CT molecular complexity index is 737. The van der Waals surface area contributed by atoms with Crippen molar-refractivity contribution in [2.24, 2.45) is 40.9 Å². The van der Waals surface area contributed by atoms with E-state index in [-0.39, 0.29) is 7.43 Å². The van der Waals surface area contributed by atoms with E-state index in [0.717, 1.165) is 35.5 Å². The highest BCUT2D eigenvalue weighted by molar-refractivity contribution is 7.81. The van der Waals surface area contributed by atoms with E-state index in [1.165, 1.54) is 88.2 Å². The maximum Gasteiger partial charge on any atom is 0.0189 e. The third-order valence-electron chi connectivity index (χ3n) is 10.7. The Morgan fingerprint density at radius 3 is 2.36 bits per heavy atom. The van der Waals surface area contributed by atoms with Crippen LogP contribution in [-0.2, 0) is 6.42 Å². The lowest BCUT2D eigenvalue weighted by atomic mass is 9.48. The third kappa shape index (κ3) is 5.10. The lowest BCUT2D eigenvalue weighted by molar-refractivity contribution is -0.0533. The maximum absolute atomic E-state index is 5.52. The SMILES string of the molecule is C.CC.Cc1ccc(CCCC2CCC3C4CCC5CC(C)CCC5(S)C4CCC23C)cc1. The minimum atomic E-state index is 0. The molecule has 188 valence electrons. The highest BCUT2D eigenvalue weighted by Gasteiger charge is 2.60. The summed E-state index contributed by atoms with van der Waals surface area (Å²) in [5.74, 6) is 5.69. The van der Waals surface area contributed by atoms with Gasteiger partial charge in [-0.3, -0.25) is 0 Å². The molecular weight excluding hydrogens is 416 g/mol. The van der Waals surface area contributed by atoms with E-state index >= 15 is 0 Å². The number of aryl methyl sites for hydroxylation is 2. The normalized spacial score (nSPS) is 41.5. The summed E-state index contributed by atoms with van der Waals surface area (Å²) in [6.07, 6.45) is 17.3. The molecule has 0 amide bonds. The molecule has 4 fully saturated rings. The highest BCUT2D eigenvalue weighted by Crippen LogP contribution is 2.67. The van der Waals surface area contributed by atoms with Crippen molar-refractivity contribution in [3.63, 3.8) is 0 Å². The van der Waals surface area contributed by atoms with Gasteiger partial charge in [0, 0.05) is 4.75 Å². The standard InChI is InChI=1S/C29H44S.C2H6.CH4/c1-20-7-9-22(10-8-20)5-4-6-23-12-14-26-25-13-11-24-19-21(2)15-18-29(24,30)27(25)16-17-28(23,26)3;1-2;/h7-10,21,23-27,30H,4-6,11-19H2,1-3H3;1-2H3;1H4. The first-order valence-electron chi connectivity index (χ1n) is 14.2. The predicted octanol–water partition coefficient (Wildman–Crippen LogP) is 9.94. The fraction of sp³-hybridized carbons (Fsp3) is 0.812. The Hall–Kier alpha value is -0.430.